The molecule has 2 aromatic carbocycles. The zero-order valence-electron chi connectivity index (χ0n) is 18.5. The zero-order chi connectivity index (χ0) is 23.7. The predicted octanol–water partition coefficient (Wildman–Crippen LogP) is 5.13. The molecular weight excluding hydrogens is 453 g/mol. The molecule has 8 heteroatoms. The molecule has 2 aliphatic heterocycles. The molecule has 178 valence electrons. The van der Waals surface area contributed by atoms with E-state index in [1.165, 1.54) is 29.2 Å². The second kappa shape index (κ2) is 9.28. The van der Waals surface area contributed by atoms with Crippen LogP contribution < -0.4 is 5.32 Å². The van der Waals surface area contributed by atoms with Crippen LogP contribution in [0.4, 0.5) is 13.2 Å². The van der Waals surface area contributed by atoms with Gasteiger partial charge in [0.25, 0.3) is 11.5 Å². The first-order chi connectivity index (χ1) is 15.7. The summed E-state index contributed by atoms with van der Waals surface area (Å²) in [6, 6.07) is 14.9. The number of ether oxygens (including phenoxy) is 1. The average molecular weight is 481 g/mol. The molecule has 1 unspecified atom stereocenters. The van der Waals surface area contributed by atoms with Crippen molar-refractivity contribution < 1.29 is 22.7 Å². The van der Waals surface area contributed by atoms with Crippen LogP contribution in [0.25, 0.3) is 0 Å². The number of amides is 1. The van der Waals surface area contributed by atoms with E-state index in [0.717, 1.165) is 32.2 Å². The Hall–Kier alpha value is -2.09. The van der Waals surface area contributed by atoms with Gasteiger partial charge < -0.3 is 15.0 Å². The Morgan fingerprint density at radius 2 is 1.70 bits per heavy atom. The summed E-state index contributed by atoms with van der Waals surface area (Å²) in [6.07, 6.45) is -2.78. The van der Waals surface area contributed by atoms with E-state index in [1.807, 2.05) is 24.3 Å². The minimum atomic E-state index is -4.90. The Bertz CT molecular complexity index is 977. The van der Waals surface area contributed by atoms with Gasteiger partial charge in [-0.05, 0) is 42.9 Å². The number of carbonyl (C=O) groups is 1. The molecule has 0 bridgehead atoms. The molecule has 2 aromatic rings. The lowest BCUT2D eigenvalue weighted by Gasteiger charge is -2.51. The number of methoxy groups -OCH3 is 1. The molecule has 2 atom stereocenters. The first-order valence-electron chi connectivity index (χ1n) is 11.2. The number of hydrogen-bond donors (Lipinski definition) is 1. The predicted molar refractivity (Wildman–Crippen MR) is 121 cm³/mol. The van der Waals surface area contributed by atoms with E-state index in [9.17, 15) is 18.0 Å². The van der Waals surface area contributed by atoms with Crippen molar-refractivity contribution in [2.75, 3.05) is 33.3 Å². The largest absolute Gasteiger partial charge is 0.430 e. The summed E-state index contributed by atoms with van der Waals surface area (Å²) in [7, 11) is 0.948. The summed E-state index contributed by atoms with van der Waals surface area (Å²) >= 11 is 6.50. The molecule has 1 N–H and O–H groups in total. The highest BCUT2D eigenvalue weighted by molar-refractivity contribution is 6.31. The quantitative estimate of drug-likeness (QED) is 0.659. The van der Waals surface area contributed by atoms with Crippen molar-refractivity contribution in [1.29, 1.82) is 0 Å². The van der Waals surface area contributed by atoms with E-state index in [4.69, 9.17) is 16.3 Å². The number of carbonyl (C=O) groups excluding carboxylic acids is 1. The van der Waals surface area contributed by atoms with E-state index in [1.54, 1.807) is 6.07 Å². The van der Waals surface area contributed by atoms with Crippen molar-refractivity contribution in [3.8, 4) is 0 Å². The molecule has 1 spiro atoms. The molecule has 2 fully saturated rings. The van der Waals surface area contributed by atoms with E-state index in [2.05, 4.69) is 5.32 Å². The van der Waals surface area contributed by atoms with E-state index in [-0.39, 0.29) is 30.0 Å². The van der Waals surface area contributed by atoms with Gasteiger partial charge in [-0.15, -0.1) is 0 Å². The maximum atomic E-state index is 14.3. The van der Waals surface area contributed by atoms with Gasteiger partial charge in [-0.2, -0.15) is 13.2 Å². The van der Waals surface area contributed by atoms with Crippen LogP contribution >= 0.6 is 11.6 Å². The van der Waals surface area contributed by atoms with E-state index in [0.29, 0.717) is 17.9 Å². The Morgan fingerprint density at radius 3 is 2.30 bits per heavy atom. The van der Waals surface area contributed by atoms with Crippen LogP contribution in [-0.4, -0.2) is 50.3 Å². The number of nitrogens with zero attached hydrogens (tertiary/aromatic N) is 1. The van der Waals surface area contributed by atoms with Gasteiger partial charge in [-0.3, -0.25) is 4.79 Å². The molecule has 33 heavy (non-hydrogen) atoms. The van der Waals surface area contributed by atoms with Gasteiger partial charge in [0.1, 0.15) is 0 Å². The summed E-state index contributed by atoms with van der Waals surface area (Å²) in [4.78, 5) is 14.7. The normalized spacial score (nSPS) is 22.7. The van der Waals surface area contributed by atoms with E-state index >= 15 is 0 Å². The summed E-state index contributed by atoms with van der Waals surface area (Å²) < 4.78 is 48.0. The summed E-state index contributed by atoms with van der Waals surface area (Å²) in [5, 5.41) is 4.13. The Labute approximate surface area is 197 Å². The molecule has 0 saturated carbocycles. The number of likely N-dealkylation sites (tertiary alicyclic amines) is 1. The fourth-order valence-electron chi connectivity index (χ4n) is 5.55. The van der Waals surface area contributed by atoms with Crippen molar-refractivity contribution in [1.82, 2.24) is 10.2 Å². The fraction of sp³-hybridized carbons (Fsp3) is 0.480. The van der Waals surface area contributed by atoms with Gasteiger partial charge >= 0.3 is 6.18 Å². The first-order valence-corrected chi connectivity index (χ1v) is 11.5. The second-order valence-electron chi connectivity index (χ2n) is 8.93. The van der Waals surface area contributed by atoms with Crippen LogP contribution in [0.1, 0.15) is 36.3 Å². The molecule has 4 nitrogen and oxygen atoms in total. The number of halogens is 4. The minimum absolute atomic E-state index is 0.117. The third-order valence-electron chi connectivity index (χ3n) is 7.40. The minimum Gasteiger partial charge on any atom is -0.356 e. The maximum Gasteiger partial charge on any atom is 0.430 e. The average Bonchev–Trinajstić information content (AvgIpc) is 2.81. The smallest absolute Gasteiger partial charge is 0.356 e. The highest BCUT2D eigenvalue weighted by Crippen LogP contribution is 2.51. The lowest BCUT2D eigenvalue weighted by Crippen LogP contribution is -2.59. The Morgan fingerprint density at radius 1 is 1.06 bits per heavy atom. The standard InChI is InChI=1S/C25H28ClF3N2O2/c1-33-24(25(27,28)29,18-7-3-2-4-8-18)22(32)31-15-12-23(13-16-31)11-14-30-17-20(23)19-9-5-6-10-21(19)26/h2-10,20,30H,11-17H2,1H3/t20?,24-/m1/s1. The van der Waals surface area contributed by atoms with E-state index < -0.39 is 17.7 Å². The van der Waals surface area contributed by atoms with Gasteiger partial charge in [0.05, 0.1) is 0 Å². The highest BCUT2D eigenvalue weighted by Gasteiger charge is 2.64. The van der Waals surface area contributed by atoms with Crippen molar-refractivity contribution in [2.24, 2.45) is 5.41 Å². The van der Waals surface area contributed by atoms with Crippen LogP contribution in [-0.2, 0) is 15.1 Å². The monoisotopic (exact) mass is 480 g/mol. The lowest BCUT2D eigenvalue weighted by atomic mass is 9.62. The molecule has 2 aliphatic rings. The van der Waals surface area contributed by atoms with Gasteiger partial charge in [-0.25, -0.2) is 0 Å². The maximum absolute atomic E-state index is 14.3. The molecule has 2 heterocycles. The van der Waals surface area contributed by atoms with Crippen molar-refractivity contribution >= 4 is 17.5 Å². The number of rotatable bonds is 4. The molecule has 1 amide bonds. The molecule has 2 saturated heterocycles. The zero-order valence-corrected chi connectivity index (χ0v) is 19.3. The highest BCUT2D eigenvalue weighted by atomic mass is 35.5. The van der Waals surface area contributed by atoms with Crippen LogP contribution in [0.15, 0.2) is 54.6 Å². The molecular formula is C25H28ClF3N2O2. The molecule has 0 aliphatic carbocycles. The van der Waals surface area contributed by atoms with Crippen LogP contribution in [0.5, 0.6) is 0 Å². The number of alkyl halides is 3. The van der Waals surface area contributed by atoms with Crippen LogP contribution in [0.3, 0.4) is 0 Å². The van der Waals surface area contributed by atoms with Crippen LogP contribution in [0.2, 0.25) is 5.02 Å². The fourth-order valence-corrected chi connectivity index (χ4v) is 5.82. The third kappa shape index (κ3) is 4.15. The van der Waals surface area contributed by atoms with Gasteiger partial charge in [0.2, 0.25) is 0 Å². The SMILES string of the molecule is CO[C@@](C(=O)N1CCC2(CCNCC2c2ccccc2Cl)CC1)(c1ccccc1)C(F)(F)F. The number of nitrogens with one attached hydrogen (secondary N) is 1. The summed E-state index contributed by atoms with van der Waals surface area (Å²) in [5.41, 5.74) is -2.29. The molecule has 4 rings (SSSR count). The topological polar surface area (TPSA) is 41.6 Å². The van der Waals surface area contributed by atoms with Crippen LogP contribution in [0, 0.1) is 5.41 Å². The number of benzene rings is 2. The number of piperidine rings is 2. The molecule has 0 radical (unpaired) electrons. The van der Waals surface area contributed by atoms with Gasteiger partial charge in [0.15, 0.2) is 0 Å². The summed E-state index contributed by atoms with van der Waals surface area (Å²) in [5.74, 6) is -0.914. The Kier molecular flexibility index (Phi) is 6.76. The summed E-state index contributed by atoms with van der Waals surface area (Å²) in [6.45, 7) is 2.08. The second-order valence-corrected chi connectivity index (χ2v) is 9.34. The lowest BCUT2D eigenvalue weighted by molar-refractivity contribution is -0.271. The van der Waals surface area contributed by atoms with Gasteiger partial charge in [-0.1, -0.05) is 60.1 Å². The van der Waals surface area contributed by atoms with Crippen molar-refractivity contribution in [2.45, 2.75) is 37.0 Å². The Balaban J connectivity index is 1.61. The van der Waals surface area contributed by atoms with Gasteiger partial charge in [0, 0.05) is 43.2 Å². The van der Waals surface area contributed by atoms with Crippen molar-refractivity contribution in [3.63, 3.8) is 0 Å². The van der Waals surface area contributed by atoms with Crippen molar-refractivity contribution in [3.05, 3.63) is 70.7 Å². The first kappa shape index (κ1) is 24.0. The third-order valence-corrected chi connectivity index (χ3v) is 7.75. The number of hydrogen-bond acceptors (Lipinski definition) is 3. The molecule has 0 aromatic heterocycles.